The number of carbonyl (C=O) groups is 1. The van der Waals surface area contributed by atoms with E-state index in [0.717, 1.165) is 25.1 Å². The number of rotatable bonds is 5. The molecule has 0 N–H and O–H groups in total. The van der Waals surface area contributed by atoms with Gasteiger partial charge in [0.1, 0.15) is 5.82 Å². The van der Waals surface area contributed by atoms with Crippen molar-refractivity contribution in [2.75, 3.05) is 13.1 Å². The lowest BCUT2D eigenvalue weighted by Crippen LogP contribution is -2.37. The molecule has 2 fully saturated rings. The molecule has 2 saturated heterocycles. The maximum absolute atomic E-state index is 13.2. The van der Waals surface area contributed by atoms with Crippen molar-refractivity contribution in [1.29, 1.82) is 0 Å². The molecule has 0 aliphatic carbocycles. The van der Waals surface area contributed by atoms with E-state index in [1.54, 1.807) is 6.07 Å². The maximum atomic E-state index is 13.2. The van der Waals surface area contributed by atoms with Crippen molar-refractivity contribution < 1.29 is 9.18 Å². The average Bonchev–Trinajstić information content (AvgIpc) is 2.99. The van der Waals surface area contributed by atoms with E-state index in [4.69, 9.17) is 11.6 Å². The quantitative estimate of drug-likeness (QED) is 0.817. The first kappa shape index (κ1) is 16.7. The van der Waals surface area contributed by atoms with E-state index in [9.17, 15) is 9.18 Å². The number of likely N-dealkylation sites (tertiary alicyclic amines) is 2. The monoisotopic (exact) mass is 338 g/mol. The molecule has 0 spiro atoms. The van der Waals surface area contributed by atoms with Gasteiger partial charge < -0.3 is 4.90 Å². The largest absolute Gasteiger partial charge is 0.334 e. The van der Waals surface area contributed by atoms with Crippen LogP contribution in [-0.2, 0) is 11.3 Å². The zero-order valence-corrected chi connectivity index (χ0v) is 14.5. The Hall–Kier alpha value is -1.13. The van der Waals surface area contributed by atoms with Gasteiger partial charge in [-0.25, -0.2) is 4.39 Å². The molecule has 23 heavy (non-hydrogen) atoms. The molecule has 0 unspecified atom stereocenters. The minimum absolute atomic E-state index is 0.189. The number of hydrogen-bond acceptors (Lipinski definition) is 2. The third-order valence-electron chi connectivity index (χ3n) is 5.08. The Labute approximate surface area is 142 Å². The van der Waals surface area contributed by atoms with Crippen molar-refractivity contribution >= 4 is 17.5 Å². The van der Waals surface area contributed by atoms with E-state index < -0.39 is 0 Å². The van der Waals surface area contributed by atoms with E-state index in [1.165, 1.54) is 18.6 Å². The topological polar surface area (TPSA) is 23.6 Å². The van der Waals surface area contributed by atoms with Crippen LogP contribution in [0, 0.1) is 11.7 Å². The smallest absolute Gasteiger partial charge is 0.224 e. The molecule has 1 amide bonds. The Balaban J connectivity index is 1.69. The van der Waals surface area contributed by atoms with Crippen LogP contribution in [0.5, 0.6) is 0 Å². The Morgan fingerprint density at radius 1 is 1.35 bits per heavy atom. The fourth-order valence-corrected chi connectivity index (χ4v) is 3.98. The molecule has 1 aromatic carbocycles. The first-order valence-electron chi connectivity index (χ1n) is 8.43. The van der Waals surface area contributed by atoms with Gasteiger partial charge in [0.2, 0.25) is 5.91 Å². The summed E-state index contributed by atoms with van der Waals surface area (Å²) in [5.41, 5.74) is 0.822. The summed E-state index contributed by atoms with van der Waals surface area (Å²) < 4.78 is 13.2. The molecule has 0 aromatic heterocycles. The van der Waals surface area contributed by atoms with Crippen molar-refractivity contribution in [3.8, 4) is 0 Å². The van der Waals surface area contributed by atoms with Crippen LogP contribution in [0.3, 0.4) is 0 Å². The molecule has 126 valence electrons. The number of halogens is 2. The van der Waals surface area contributed by atoms with Gasteiger partial charge in [-0.05, 0) is 43.0 Å². The Morgan fingerprint density at radius 2 is 2.13 bits per heavy atom. The van der Waals surface area contributed by atoms with E-state index in [-0.39, 0.29) is 17.8 Å². The number of nitrogens with zero attached hydrogens (tertiary/aromatic N) is 2. The number of hydrogen-bond donors (Lipinski definition) is 0. The van der Waals surface area contributed by atoms with Crippen molar-refractivity contribution in [1.82, 2.24) is 9.80 Å². The van der Waals surface area contributed by atoms with Gasteiger partial charge >= 0.3 is 0 Å². The predicted molar refractivity (Wildman–Crippen MR) is 89.8 cm³/mol. The number of carbonyl (C=O) groups excluding carboxylic acids is 1. The maximum Gasteiger partial charge on any atom is 0.224 e. The summed E-state index contributed by atoms with van der Waals surface area (Å²) >= 11 is 6.12. The Kier molecular flexibility index (Phi) is 4.93. The first-order chi connectivity index (χ1) is 11.0. The highest BCUT2D eigenvalue weighted by Gasteiger charge is 2.46. The van der Waals surface area contributed by atoms with Crippen LogP contribution in [0.1, 0.15) is 38.7 Å². The van der Waals surface area contributed by atoms with Crippen molar-refractivity contribution in [3.63, 3.8) is 0 Å². The fraction of sp³-hybridized carbons (Fsp3) is 0.611. The zero-order chi connectivity index (χ0) is 16.6. The molecule has 0 radical (unpaired) electrons. The summed E-state index contributed by atoms with van der Waals surface area (Å²) in [4.78, 5) is 16.8. The predicted octanol–water partition coefficient (Wildman–Crippen LogP) is 3.70. The molecule has 5 heteroatoms. The van der Waals surface area contributed by atoms with Crippen LogP contribution >= 0.6 is 11.6 Å². The fourth-order valence-electron chi connectivity index (χ4n) is 3.75. The summed E-state index contributed by atoms with van der Waals surface area (Å²) in [7, 11) is 0. The highest BCUT2D eigenvalue weighted by Crippen LogP contribution is 2.34. The minimum atomic E-state index is -0.342. The Bertz CT molecular complexity index is 592. The number of fused-ring (bicyclic) bond motifs is 1. The summed E-state index contributed by atoms with van der Waals surface area (Å²) in [6.07, 6.45) is 2.79. The minimum Gasteiger partial charge on any atom is -0.334 e. The third kappa shape index (κ3) is 3.53. The van der Waals surface area contributed by atoms with E-state index in [1.807, 2.05) is 4.90 Å². The van der Waals surface area contributed by atoms with Gasteiger partial charge in [0.05, 0.1) is 0 Å². The van der Waals surface area contributed by atoms with Crippen LogP contribution in [0.25, 0.3) is 0 Å². The molecule has 2 heterocycles. The average molecular weight is 339 g/mol. The van der Waals surface area contributed by atoms with Crippen molar-refractivity contribution in [3.05, 3.63) is 34.6 Å². The molecule has 2 aliphatic heterocycles. The highest BCUT2D eigenvalue weighted by molar-refractivity contribution is 6.31. The van der Waals surface area contributed by atoms with Crippen LogP contribution in [0.2, 0.25) is 5.02 Å². The standard InChI is InChI=1S/C18H24ClFN2O/c1-12(2)5-7-21-8-6-16-17(21)10-18(23)22(16)11-13-3-4-14(20)9-15(13)19/h3-4,9,12,16-17H,5-8,10-11H2,1-2H3/t16-,17-/m0/s1. The van der Waals surface area contributed by atoms with E-state index >= 15 is 0 Å². The highest BCUT2D eigenvalue weighted by atomic mass is 35.5. The van der Waals surface area contributed by atoms with Gasteiger partial charge in [0, 0.05) is 36.6 Å². The van der Waals surface area contributed by atoms with Gasteiger partial charge in [-0.2, -0.15) is 0 Å². The molecule has 1 aromatic rings. The molecule has 3 rings (SSSR count). The molecule has 3 nitrogen and oxygen atoms in total. The lowest BCUT2D eigenvalue weighted by molar-refractivity contribution is -0.129. The zero-order valence-electron chi connectivity index (χ0n) is 13.8. The molecule has 2 atom stereocenters. The van der Waals surface area contributed by atoms with E-state index in [0.29, 0.717) is 29.9 Å². The lowest BCUT2D eigenvalue weighted by Gasteiger charge is -2.26. The van der Waals surface area contributed by atoms with Crippen molar-refractivity contribution in [2.45, 2.75) is 51.7 Å². The van der Waals surface area contributed by atoms with Crippen molar-refractivity contribution in [2.24, 2.45) is 5.92 Å². The number of benzene rings is 1. The molecular formula is C18H24ClFN2O. The van der Waals surface area contributed by atoms with Gasteiger partial charge in [0.15, 0.2) is 0 Å². The second-order valence-corrected chi connectivity index (χ2v) is 7.51. The molecular weight excluding hydrogens is 315 g/mol. The second-order valence-electron chi connectivity index (χ2n) is 7.10. The summed E-state index contributed by atoms with van der Waals surface area (Å²) in [5.74, 6) is 0.528. The second kappa shape index (κ2) is 6.78. The summed E-state index contributed by atoms with van der Waals surface area (Å²) in [5, 5.41) is 0.399. The summed E-state index contributed by atoms with van der Waals surface area (Å²) in [6.45, 7) is 7.07. The lowest BCUT2D eigenvalue weighted by atomic mass is 10.1. The van der Waals surface area contributed by atoms with Crippen LogP contribution in [-0.4, -0.2) is 40.9 Å². The van der Waals surface area contributed by atoms with Gasteiger partial charge in [-0.3, -0.25) is 9.69 Å². The number of amides is 1. The third-order valence-corrected chi connectivity index (χ3v) is 5.43. The van der Waals surface area contributed by atoms with Gasteiger partial charge in [0.25, 0.3) is 0 Å². The molecule has 0 saturated carbocycles. The van der Waals surface area contributed by atoms with Gasteiger partial charge in [-0.1, -0.05) is 31.5 Å². The van der Waals surface area contributed by atoms with Gasteiger partial charge in [-0.15, -0.1) is 0 Å². The normalized spacial score (nSPS) is 24.7. The molecule has 2 aliphatic rings. The Morgan fingerprint density at radius 3 is 2.83 bits per heavy atom. The van der Waals surface area contributed by atoms with Crippen LogP contribution in [0.15, 0.2) is 18.2 Å². The van der Waals surface area contributed by atoms with E-state index in [2.05, 4.69) is 18.7 Å². The summed E-state index contributed by atoms with van der Waals surface area (Å²) in [6, 6.07) is 5.02. The SMILES string of the molecule is CC(C)CCN1CC[C@H]2[C@@H]1CC(=O)N2Cc1ccc(F)cc1Cl. The first-order valence-corrected chi connectivity index (χ1v) is 8.81. The van der Waals surface area contributed by atoms with Crippen LogP contribution < -0.4 is 0 Å². The molecule has 0 bridgehead atoms. The van der Waals surface area contributed by atoms with Crippen LogP contribution in [0.4, 0.5) is 4.39 Å².